The minimum absolute atomic E-state index is 0.114. The third-order valence-corrected chi connectivity index (χ3v) is 3.58. The van der Waals surface area contributed by atoms with Gasteiger partial charge in [-0.1, -0.05) is 11.6 Å². The molecular weight excluding hydrogens is 419 g/mol. The van der Waals surface area contributed by atoms with Crippen molar-refractivity contribution >= 4 is 41.1 Å². The predicted octanol–water partition coefficient (Wildman–Crippen LogP) is 3.86. The zero-order valence-corrected chi connectivity index (χ0v) is 15.0. The Bertz CT molecular complexity index is 962. The number of alkyl halides is 3. The highest BCUT2D eigenvalue weighted by Gasteiger charge is 2.31. The Kier molecular flexibility index (Phi) is 6.89. The van der Waals surface area contributed by atoms with Crippen LogP contribution in [0.15, 0.2) is 42.6 Å². The summed E-state index contributed by atoms with van der Waals surface area (Å²) in [7, 11) is 0. The fourth-order valence-corrected chi connectivity index (χ4v) is 2.12. The maximum absolute atomic E-state index is 12.5. The molecule has 0 radical (unpaired) electrons. The lowest BCUT2D eigenvalue weighted by molar-refractivity contribution is -0.384. The molecule has 0 spiro atoms. The zero-order valence-electron chi connectivity index (χ0n) is 14.3. The Balaban J connectivity index is 1.87. The van der Waals surface area contributed by atoms with Crippen LogP contribution in [0, 0.1) is 10.1 Å². The van der Waals surface area contributed by atoms with E-state index in [4.69, 9.17) is 11.6 Å². The van der Waals surface area contributed by atoms with Crippen LogP contribution < -0.4 is 5.32 Å². The van der Waals surface area contributed by atoms with Gasteiger partial charge in [0.05, 0.1) is 15.5 Å². The zero-order chi connectivity index (χ0) is 21.6. The number of pyridine rings is 1. The van der Waals surface area contributed by atoms with E-state index in [0.29, 0.717) is 17.8 Å². The average Bonchev–Trinajstić information content (AvgIpc) is 2.65. The number of hydrogen-bond acceptors (Lipinski definition) is 6. The number of carbonyl (C=O) groups excluding carboxylic acids is 2. The SMILES string of the molecule is O=C(COC(=O)/C=C/c1ccc([N+](=O)[O-])cc1)Nc1ncc(C(F)(F)F)cc1Cl. The number of hydrogen-bond donors (Lipinski definition) is 1. The lowest BCUT2D eigenvalue weighted by atomic mass is 10.2. The van der Waals surface area contributed by atoms with Gasteiger partial charge in [0.2, 0.25) is 0 Å². The van der Waals surface area contributed by atoms with Gasteiger partial charge in [-0.3, -0.25) is 14.9 Å². The molecule has 0 saturated carbocycles. The van der Waals surface area contributed by atoms with E-state index in [1.165, 1.54) is 30.3 Å². The fraction of sp³-hybridized carbons (Fsp3) is 0.118. The van der Waals surface area contributed by atoms with Gasteiger partial charge in [0.25, 0.3) is 11.6 Å². The molecule has 0 saturated heterocycles. The van der Waals surface area contributed by atoms with E-state index in [1.807, 2.05) is 0 Å². The van der Waals surface area contributed by atoms with Gasteiger partial charge in [-0.05, 0) is 29.8 Å². The summed E-state index contributed by atoms with van der Waals surface area (Å²) in [5.74, 6) is -2.07. The van der Waals surface area contributed by atoms with Crippen LogP contribution in [-0.4, -0.2) is 28.4 Å². The maximum atomic E-state index is 12.5. The lowest BCUT2D eigenvalue weighted by Crippen LogP contribution is -2.21. The number of rotatable bonds is 6. The first-order valence-electron chi connectivity index (χ1n) is 7.68. The van der Waals surface area contributed by atoms with E-state index in [-0.39, 0.29) is 11.5 Å². The second-order valence-corrected chi connectivity index (χ2v) is 5.80. The van der Waals surface area contributed by atoms with Crippen LogP contribution >= 0.6 is 11.6 Å². The van der Waals surface area contributed by atoms with Crippen molar-refractivity contribution in [3.05, 3.63) is 68.9 Å². The van der Waals surface area contributed by atoms with Crippen LogP contribution in [0.5, 0.6) is 0 Å². The number of aromatic nitrogens is 1. The average molecular weight is 430 g/mol. The van der Waals surface area contributed by atoms with Crippen LogP contribution in [0.3, 0.4) is 0 Å². The quantitative estimate of drug-likeness (QED) is 0.323. The summed E-state index contributed by atoms with van der Waals surface area (Å²) in [6, 6.07) is 5.92. The topological polar surface area (TPSA) is 111 Å². The van der Waals surface area contributed by atoms with E-state index in [0.717, 1.165) is 6.08 Å². The summed E-state index contributed by atoms with van der Waals surface area (Å²) in [6.07, 6.45) is -1.82. The molecule has 0 aliphatic rings. The van der Waals surface area contributed by atoms with Crippen LogP contribution in [0.1, 0.15) is 11.1 Å². The third-order valence-electron chi connectivity index (χ3n) is 3.29. The van der Waals surface area contributed by atoms with E-state index >= 15 is 0 Å². The molecule has 8 nitrogen and oxygen atoms in total. The van der Waals surface area contributed by atoms with Crippen molar-refractivity contribution in [1.29, 1.82) is 0 Å². The molecule has 1 aromatic carbocycles. The van der Waals surface area contributed by atoms with Crippen molar-refractivity contribution < 1.29 is 32.4 Å². The predicted molar refractivity (Wildman–Crippen MR) is 96.0 cm³/mol. The second-order valence-electron chi connectivity index (χ2n) is 5.39. The number of esters is 1. The van der Waals surface area contributed by atoms with Crippen LogP contribution in [-0.2, 0) is 20.5 Å². The first-order chi connectivity index (χ1) is 13.6. The number of halogens is 4. The molecule has 1 amide bonds. The monoisotopic (exact) mass is 429 g/mol. The highest BCUT2D eigenvalue weighted by Crippen LogP contribution is 2.32. The van der Waals surface area contributed by atoms with Crippen LogP contribution in [0.25, 0.3) is 6.08 Å². The fourth-order valence-electron chi connectivity index (χ4n) is 1.91. The molecule has 12 heteroatoms. The number of nitro groups is 1. The molecule has 152 valence electrons. The smallest absolute Gasteiger partial charge is 0.417 e. The Morgan fingerprint density at radius 3 is 2.48 bits per heavy atom. The van der Waals surface area contributed by atoms with E-state index < -0.39 is 40.2 Å². The number of nitrogens with zero attached hydrogens (tertiary/aromatic N) is 2. The standard InChI is InChI=1S/C17H11ClF3N3O5/c18-13-7-11(17(19,20)21)8-22-16(13)23-14(25)9-29-15(26)6-3-10-1-4-12(5-2-10)24(27)28/h1-8H,9H2,(H,22,23,25)/b6-3+. The number of anilines is 1. The molecule has 0 fully saturated rings. The minimum Gasteiger partial charge on any atom is -0.452 e. The van der Waals surface area contributed by atoms with Gasteiger partial charge in [-0.2, -0.15) is 13.2 Å². The number of non-ortho nitro benzene ring substituents is 1. The van der Waals surface area contributed by atoms with Crippen LogP contribution in [0.2, 0.25) is 5.02 Å². The van der Waals surface area contributed by atoms with Gasteiger partial charge in [-0.15, -0.1) is 0 Å². The molecule has 1 heterocycles. The number of ether oxygens (including phenoxy) is 1. The van der Waals surface area contributed by atoms with Crippen molar-refractivity contribution in [2.45, 2.75) is 6.18 Å². The maximum Gasteiger partial charge on any atom is 0.417 e. The number of carbonyl (C=O) groups is 2. The Labute approximate surface area is 166 Å². The molecule has 2 aromatic rings. The Morgan fingerprint density at radius 2 is 1.93 bits per heavy atom. The van der Waals surface area contributed by atoms with E-state index in [2.05, 4.69) is 15.0 Å². The molecule has 0 aliphatic heterocycles. The first-order valence-corrected chi connectivity index (χ1v) is 8.06. The largest absolute Gasteiger partial charge is 0.452 e. The molecule has 1 N–H and O–H groups in total. The summed E-state index contributed by atoms with van der Waals surface area (Å²) in [5, 5.41) is 12.2. The lowest BCUT2D eigenvalue weighted by Gasteiger charge is -2.10. The molecule has 0 bridgehead atoms. The molecular formula is C17H11ClF3N3O5. The van der Waals surface area contributed by atoms with Crippen molar-refractivity contribution in [3.63, 3.8) is 0 Å². The number of amides is 1. The van der Waals surface area contributed by atoms with Gasteiger partial charge in [0.1, 0.15) is 0 Å². The van der Waals surface area contributed by atoms with Crippen LogP contribution in [0.4, 0.5) is 24.7 Å². The van der Waals surface area contributed by atoms with Crippen molar-refractivity contribution in [3.8, 4) is 0 Å². The van der Waals surface area contributed by atoms with Gasteiger partial charge in [-0.25, -0.2) is 9.78 Å². The van der Waals surface area contributed by atoms with Crippen molar-refractivity contribution in [2.24, 2.45) is 0 Å². The Hall–Kier alpha value is -3.47. The summed E-state index contributed by atoms with van der Waals surface area (Å²) in [4.78, 5) is 36.7. The molecule has 0 unspecified atom stereocenters. The van der Waals surface area contributed by atoms with E-state index in [1.54, 1.807) is 0 Å². The molecule has 0 atom stereocenters. The molecule has 0 aliphatic carbocycles. The summed E-state index contributed by atoms with van der Waals surface area (Å²) < 4.78 is 42.3. The number of nitrogens with one attached hydrogen (secondary N) is 1. The summed E-state index contributed by atoms with van der Waals surface area (Å²) in [6.45, 7) is -0.734. The van der Waals surface area contributed by atoms with Gasteiger partial charge in [0, 0.05) is 24.4 Å². The molecule has 2 rings (SSSR count). The second kappa shape index (κ2) is 9.15. The molecule has 1 aromatic heterocycles. The third kappa shape index (κ3) is 6.57. The van der Waals surface area contributed by atoms with Crippen molar-refractivity contribution in [2.75, 3.05) is 11.9 Å². The van der Waals surface area contributed by atoms with Gasteiger partial charge < -0.3 is 10.1 Å². The Morgan fingerprint density at radius 1 is 1.28 bits per heavy atom. The number of nitro benzene ring substituents is 1. The van der Waals surface area contributed by atoms with E-state index in [9.17, 15) is 32.9 Å². The normalized spacial score (nSPS) is 11.3. The van der Waals surface area contributed by atoms with Gasteiger partial charge >= 0.3 is 12.1 Å². The first kappa shape index (κ1) is 21.8. The number of benzene rings is 1. The summed E-state index contributed by atoms with van der Waals surface area (Å²) >= 11 is 5.65. The highest BCUT2D eigenvalue weighted by atomic mass is 35.5. The van der Waals surface area contributed by atoms with Gasteiger partial charge in [0.15, 0.2) is 12.4 Å². The minimum atomic E-state index is -4.63. The van der Waals surface area contributed by atoms with Crippen molar-refractivity contribution in [1.82, 2.24) is 4.98 Å². The summed E-state index contributed by atoms with van der Waals surface area (Å²) in [5.41, 5.74) is -0.710. The highest BCUT2D eigenvalue weighted by molar-refractivity contribution is 6.33. The molecule has 29 heavy (non-hydrogen) atoms.